The van der Waals surface area contributed by atoms with E-state index in [4.69, 9.17) is 14.3 Å². The van der Waals surface area contributed by atoms with Crippen LogP contribution in [0.2, 0.25) is 0 Å². The summed E-state index contributed by atoms with van der Waals surface area (Å²) in [4.78, 5) is 8.14. The highest BCUT2D eigenvalue weighted by molar-refractivity contribution is 6.15. The normalized spacial score (nSPS) is 24.3. The summed E-state index contributed by atoms with van der Waals surface area (Å²) in [5.41, 5.74) is 0. The van der Waals surface area contributed by atoms with Gasteiger partial charge < -0.3 is 18.7 Å². The zero-order valence-electron chi connectivity index (χ0n) is 4.87. The van der Waals surface area contributed by atoms with E-state index in [2.05, 4.69) is 4.43 Å². The Bertz CT molecular complexity index is 75.0. The molecule has 52 valence electrons. The molecule has 1 aliphatic heterocycles. The average molecular weight is 148 g/mol. The summed E-state index contributed by atoms with van der Waals surface area (Å²) >= 11 is 0. The highest BCUT2D eigenvalue weighted by Gasteiger charge is 2.21. The molecule has 1 atom stereocenters. The van der Waals surface area contributed by atoms with Crippen LogP contribution in [0.5, 0.6) is 0 Å². The lowest BCUT2D eigenvalue weighted by molar-refractivity contribution is 0.00254. The standard InChI is InChI=1S/C4H8O4Si/c5-9-8-3-6-1-4-2-7-4/h4-5H,1-3H2. The van der Waals surface area contributed by atoms with E-state index in [1.807, 2.05) is 0 Å². The maximum atomic E-state index is 8.14. The Kier molecular flexibility index (Phi) is 3.16. The molecule has 1 fully saturated rings. The molecule has 1 saturated heterocycles. The van der Waals surface area contributed by atoms with Crippen molar-refractivity contribution in [1.29, 1.82) is 0 Å². The van der Waals surface area contributed by atoms with Crippen molar-refractivity contribution in [3.63, 3.8) is 0 Å². The van der Waals surface area contributed by atoms with E-state index < -0.39 is 10.0 Å². The summed E-state index contributed by atoms with van der Waals surface area (Å²) in [6.45, 7) is 1.53. The summed E-state index contributed by atoms with van der Waals surface area (Å²) in [6, 6.07) is 0. The van der Waals surface area contributed by atoms with Crippen LogP contribution in [0.4, 0.5) is 0 Å². The largest absolute Gasteiger partial charge is 0.432 e. The second kappa shape index (κ2) is 3.97. The summed E-state index contributed by atoms with van der Waals surface area (Å²) in [5.74, 6) is 0. The minimum absolute atomic E-state index is 0.162. The van der Waals surface area contributed by atoms with Gasteiger partial charge in [-0.25, -0.2) is 0 Å². The smallest absolute Gasteiger partial charge is 0.409 e. The summed E-state index contributed by atoms with van der Waals surface area (Å²) in [5, 5.41) is 0. The predicted octanol–water partition coefficient (Wildman–Crippen LogP) is -1.10. The van der Waals surface area contributed by atoms with Gasteiger partial charge in [0.1, 0.15) is 12.9 Å². The van der Waals surface area contributed by atoms with Crippen LogP contribution >= 0.6 is 0 Å². The molecule has 0 aromatic heterocycles. The van der Waals surface area contributed by atoms with Gasteiger partial charge in [-0.3, -0.25) is 0 Å². The number of hydrogen-bond donors (Lipinski definition) is 1. The Hall–Kier alpha value is 0.0569. The van der Waals surface area contributed by atoms with Gasteiger partial charge in [0, 0.05) is 0 Å². The molecule has 4 nitrogen and oxygen atoms in total. The van der Waals surface area contributed by atoms with E-state index in [1.165, 1.54) is 0 Å². The van der Waals surface area contributed by atoms with Crippen molar-refractivity contribution in [2.75, 3.05) is 20.0 Å². The van der Waals surface area contributed by atoms with Crippen molar-refractivity contribution in [1.82, 2.24) is 0 Å². The number of epoxide rings is 1. The zero-order valence-corrected chi connectivity index (χ0v) is 5.87. The first-order valence-corrected chi connectivity index (χ1v) is 3.49. The van der Waals surface area contributed by atoms with Gasteiger partial charge >= 0.3 is 10.0 Å². The van der Waals surface area contributed by atoms with Crippen LogP contribution in [0.1, 0.15) is 0 Å². The van der Waals surface area contributed by atoms with Gasteiger partial charge in [-0.1, -0.05) is 0 Å². The Morgan fingerprint density at radius 3 is 3.11 bits per heavy atom. The molecule has 1 heterocycles. The van der Waals surface area contributed by atoms with Gasteiger partial charge in [0.05, 0.1) is 13.2 Å². The zero-order chi connectivity index (χ0) is 6.53. The summed E-state index contributed by atoms with van der Waals surface area (Å²) in [7, 11) is -0.484. The average Bonchev–Trinajstić information content (AvgIpc) is 2.63. The van der Waals surface area contributed by atoms with Gasteiger partial charge in [0.15, 0.2) is 0 Å². The van der Waals surface area contributed by atoms with Crippen molar-refractivity contribution in [3.8, 4) is 0 Å². The first-order valence-electron chi connectivity index (χ1n) is 2.63. The molecule has 0 aliphatic carbocycles. The first kappa shape index (κ1) is 7.17. The van der Waals surface area contributed by atoms with Crippen LogP contribution in [0.3, 0.4) is 0 Å². The highest BCUT2D eigenvalue weighted by atomic mass is 28.2. The lowest BCUT2D eigenvalue weighted by Gasteiger charge is -1.98. The van der Waals surface area contributed by atoms with Crippen LogP contribution in [0.25, 0.3) is 0 Å². The third kappa shape index (κ3) is 3.60. The van der Waals surface area contributed by atoms with Crippen LogP contribution < -0.4 is 0 Å². The van der Waals surface area contributed by atoms with E-state index in [1.54, 1.807) is 0 Å². The van der Waals surface area contributed by atoms with E-state index in [-0.39, 0.29) is 12.9 Å². The molecule has 0 bridgehead atoms. The number of hydrogen-bond acceptors (Lipinski definition) is 4. The summed E-state index contributed by atoms with van der Waals surface area (Å²) < 4.78 is 14.3. The second-order valence-electron chi connectivity index (χ2n) is 1.68. The fraction of sp³-hybridized carbons (Fsp3) is 1.00. The van der Waals surface area contributed by atoms with Crippen molar-refractivity contribution in [3.05, 3.63) is 0 Å². The monoisotopic (exact) mass is 148 g/mol. The topological polar surface area (TPSA) is 51.2 Å². The number of ether oxygens (including phenoxy) is 2. The minimum atomic E-state index is -0.484. The third-order valence-electron chi connectivity index (χ3n) is 0.913. The van der Waals surface area contributed by atoms with Crippen molar-refractivity contribution >= 4 is 10.0 Å². The molecule has 0 saturated carbocycles. The molecule has 1 aliphatic rings. The van der Waals surface area contributed by atoms with Crippen LogP contribution in [-0.4, -0.2) is 40.9 Å². The van der Waals surface area contributed by atoms with Crippen LogP contribution in [0.15, 0.2) is 0 Å². The molecule has 0 amide bonds. The van der Waals surface area contributed by atoms with Crippen molar-refractivity contribution in [2.24, 2.45) is 0 Å². The molecule has 0 aromatic carbocycles. The van der Waals surface area contributed by atoms with Gasteiger partial charge in [0.25, 0.3) is 0 Å². The SMILES string of the molecule is O[Si]OCOCC1CO1. The van der Waals surface area contributed by atoms with Gasteiger partial charge in [-0.05, 0) is 0 Å². The molecule has 1 rings (SSSR count). The van der Waals surface area contributed by atoms with Gasteiger partial charge in [0.2, 0.25) is 0 Å². The molecule has 0 spiro atoms. The predicted molar refractivity (Wildman–Crippen MR) is 29.6 cm³/mol. The van der Waals surface area contributed by atoms with E-state index in [0.717, 1.165) is 6.61 Å². The van der Waals surface area contributed by atoms with Crippen LogP contribution in [-0.2, 0) is 13.9 Å². The molecule has 9 heavy (non-hydrogen) atoms. The molecule has 1 unspecified atom stereocenters. The second-order valence-corrected chi connectivity index (χ2v) is 2.15. The Labute approximate surface area is 55.8 Å². The Morgan fingerprint density at radius 2 is 2.56 bits per heavy atom. The Balaban J connectivity index is 1.71. The maximum absolute atomic E-state index is 8.14. The fourth-order valence-corrected chi connectivity index (χ4v) is 0.548. The van der Waals surface area contributed by atoms with Crippen molar-refractivity contribution < 1.29 is 18.7 Å². The molecular formula is C4H8O4Si. The Morgan fingerprint density at radius 1 is 1.78 bits per heavy atom. The van der Waals surface area contributed by atoms with E-state index in [0.29, 0.717) is 6.61 Å². The van der Waals surface area contributed by atoms with E-state index in [9.17, 15) is 0 Å². The lowest BCUT2D eigenvalue weighted by atomic mass is 10.5. The number of rotatable bonds is 5. The highest BCUT2D eigenvalue weighted by Crippen LogP contribution is 2.07. The van der Waals surface area contributed by atoms with Crippen LogP contribution in [0, 0.1) is 0 Å². The fourth-order valence-electron chi connectivity index (χ4n) is 0.412. The van der Waals surface area contributed by atoms with Gasteiger partial charge in [-0.2, -0.15) is 0 Å². The van der Waals surface area contributed by atoms with Gasteiger partial charge in [-0.15, -0.1) is 0 Å². The summed E-state index contributed by atoms with van der Waals surface area (Å²) in [6.07, 6.45) is 0.274. The molecule has 0 aromatic rings. The van der Waals surface area contributed by atoms with E-state index >= 15 is 0 Å². The first-order chi connectivity index (χ1) is 4.43. The maximum Gasteiger partial charge on any atom is 0.432 e. The minimum Gasteiger partial charge on any atom is -0.409 e. The van der Waals surface area contributed by atoms with Crippen molar-refractivity contribution in [2.45, 2.75) is 6.10 Å². The molecule has 5 heteroatoms. The molecular weight excluding hydrogens is 140 g/mol. The lowest BCUT2D eigenvalue weighted by Crippen LogP contribution is -2.07. The third-order valence-corrected chi connectivity index (χ3v) is 1.16. The quantitative estimate of drug-likeness (QED) is 0.233. The molecule has 1 N–H and O–H groups in total. The molecule has 2 radical (unpaired) electrons.